The smallest absolute Gasteiger partial charge is 0.345 e. The lowest BCUT2D eigenvalue weighted by Gasteiger charge is -2.24. The van der Waals surface area contributed by atoms with Gasteiger partial charge in [-0.3, -0.25) is 9.48 Å². The molecule has 9 heteroatoms. The fourth-order valence-corrected chi connectivity index (χ4v) is 4.14. The molecule has 1 amide bonds. The third-order valence-corrected chi connectivity index (χ3v) is 6.09. The van der Waals surface area contributed by atoms with Crippen molar-refractivity contribution in [3.05, 3.63) is 29.2 Å². The molecule has 8 nitrogen and oxygen atoms in total. The van der Waals surface area contributed by atoms with Crippen LogP contribution in [0.5, 0.6) is 0 Å². The number of hydrogen-bond acceptors (Lipinski definition) is 4. The molecule has 1 aromatic heterocycles. The van der Waals surface area contributed by atoms with Gasteiger partial charge in [0, 0.05) is 30.9 Å². The van der Waals surface area contributed by atoms with Crippen molar-refractivity contribution in [3.8, 4) is 0 Å². The molecule has 0 radical (unpaired) electrons. The Hall–Kier alpha value is -2.16. The second-order valence-electron chi connectivity index (χ2n) is 6.37. The Morgan fingerprint density at radius 1 is 1.36 bits per heavy atom. The van der Waals surface area contributed by atoms with E-state index in [0.29, 0.717) is 12.1 Å². The summed E-state index contributed by atoms with van der Waals surface area (Å²) in [7, 11) is -2.60. The highest BCUT2D eigenvalue weighted by molar-refractivity contribution is 7.88. The van der Waals surface area contributed by atoms with E-state index >= 15 is 0 Å². The van der Waals surface area contributed by atoms with Crippen molar-refractivity contribution in [1.29, 1.82) is 0 Å². The number of aryl methyl sites for hydroxylation is 1. The summed E-state index contributed by atoms with van der Waals surface area (Å²) >= 11 is 0. The van der Waals surface area contributed by atoms with Gasteiger partial charge in [0.1, 0.15) is 5.70 Å². The molecule has 1 fully saturated rings. The first-order valence-corrected chi connectivity index (χ1v) is 9.87. The highest BCUT2D eigenvalue weighted by Gasteiger charge is 2.32. The van der Waals surface area contributed by atoms with E-state index in [1.165, 1.54) is 13.1 Å². The van der Waals surface area contributed by atoms with E-state index in [0.717, 1.165) is 35.7 Å². The number of rotatable bonds is 4. The number of likely N-dealkylation sites (N-methyl/N-ethyl adjacent to an activating group) is 1. The van der Waals surface area contributed by atoms with Crippen LogP contribution >= 0.6 is 0 Å². The molecule has 1 saturated carbocycles. The molecule has 2 aliphatic rings. The van der Waals surface area contributed by atoms with Crippen LogP contribution in [0.2, 0.25) is 0 Å². The zero-order chi connectivity index (χ0) is 18.2. The minimum Gasteiger partial charge on any atom is -0.348 e. The lowest BCUT2D eigenvalue weighted by atomic mass is 10.1. The topological polar surface area (TPSA) is 96.7 Å². The number of hydrogen-bond donors (Lipinski definition) is 1. The van der Waals surface area contributed by atoms with Gasteiger partial charge in [0.25, 0.3) is 5.91 Å². The standard InChI is InChI=1S/C16H23N5O3S/c1-4-21-11(2)13(10-17-21)14-9-15(20(3)25(23,24)19-14)16(22)18-12-7-5-6-8-12/h9-10,12H,4-8H2,1-3H3,(H,18,22). The fourth-order valence-electron chi connectivity index (χ4n) is 3.24. The minimum atomic E-state index is -3.95. The van der Waals surface area contributed by atoms with Crippen molar-refractivity contribution in [2.24, 2.45) is 4.40 Å². The normalized spacial score (nSPS) is 20.4. The Kier molecular flexibility index (Phi) is 4.68. The highest BCUT2D eigenvalue weighted by atomic mass is 32.2. The Balaban J connectivity index is 1.96. The minimum absolute atomic E-state index is 0.0838. The van der Waals surface area contributed by atoms with Gasteiger partial charge in [-0.25, -0.2) is 4.31 Å². The fraction of sp³-hybridized carbons (Fsp3) is 0.562. The molecule has 0 aromatic carbocycles. The van der Waals surface area contributed by atoms with Gasteiger partial charge in [-0.1, -0.05) is 12.8 Å². The first-order valence-electron chi connectivity index (χ1n) is 8.47. The number of nitrogens with zero attached hydrogens (tertiary/aromatic N) is 4. The molecule has 3 rings (SSSR count). The molecule has 0 bridgehead atoms. The van der Waals surface area contributed by atoms with E-state index < -0.39 is 10.2 Å². The van der Waals surface area contributed by atoms with Crippen LogP contribution in [0.15, 0.2) is 22.4 Å². The van der Waals surface area contributed by atoms with Gasteiger partial charge in [-0.2, -0.15) is 13.5 Å². The van der Waals surface area contributed by atoms with Crippen LogP contribution in [0.25, 0.3) is 0 Å². The van der Waals surface area contributed by atoms with Gasteiger partial charge in [0.15, 0.2) is 0 Å². The van der Waals surface area contributed by atoms with Crippen molar-refractivity contribution in [2.75, 3.05) is 7.05 Å². The van der Waals surface area contributed by atoms with E-state index in [1.54, 1.807) is 10.9 Å². The number of allylic oxidation sites excluding steroid dienone is 1. The first kappa shape index (κ1) is 17.7. The van der Waals surface area contributed by atoms with Gasteiger partial charge in [-0.15, -0.1) is 4.40 Å². The van der Waals surface area contributed by atoms with E-state index in [9.17, 15) is 13.2 Å². The van der Waals surface area contributed by atoms with Crippen molar-refractivity contribution in [2.45, 2.75) is 52.1 Å². The molecule has 0 atom stereocenters. The summed E-state index contributed by atoms with van der Waals surface area (Å²) in [5.74, 6) is -0.383. The Morgan fingerprint density at radius 2 is 2.04 bits per heavy atom. The third-order valence-electron chi connectivity index (χ3n) is 4.77. The number of carbonyl (C=O) groups excluding carboxylic acids is 1. The predicted octanol–water partition coefficient (Wildman–Crippen LogP) is 1.13. The van der Waals surface area contributed by atoms with Gasteiger partial charge in [-0.05, 0) is 32.8 Å². The third kappa shape index (κ3) is 3.33. The maximum Gasteiger partial charge on any atom is 0.345 e. The molecule has 2 heterocycles. The monoisotopic (exact) mass is 365 g/mol. The van der Waals surface area contributed by atoms with Crippen LogP contribution in [0.3, 0.4) is 0 Å². The van der Waals surface area contributed by atoms with Crippen LogP contribution in [-0.4, -0.2) is 47.2 Å². The van der Waals surface area contributed by atoms with E-state index in [-0.39, 0.29) is 23.4 Å². The average molecular weight is 365 g/mol. The number of amides is 1. The van der Waals surface area contributed by atoms with Crippen molar-refractivity contribution in [1.82, 2.24) is 19.4 Å². The van der Waals surface area contributed by atoms with Gasteiger partial charge in [0.2, 0.25) is 0 Å². The van der Waals surface area contributed by atoms with E-state index in [1.807, 2.05) is 13.8 Å². The SMILES string of the molecule is CCn1ncc(C2=NS(=O)(=O)N(C)C(C(=O)NC3CCCC3)=C2)c1C. The van der Waals surface area contributed by atoms with E-state index in [2.05, 4.69) is 14.8 Å². The summed E-state index contributed by atoms with van der Waals surface area (Å²) in [6.07, 6.45) is 7.13. The van der Waals surface area contributed by atoms with Crippen LogP contribution in [0, 0.1) is 6.92 Å². The highest BCUT2D eigenvalue weighted by Crippen LogP contribution is 2.23. The van der Waals surface area contributed by atoms with Gasteiger partial charge >= 0.3 is 10.2 Å². The average Bonchev–Trinajstić information content (AvgIpc) is 3.19. The van der Waals surface area contributed by atoms with Crippen molar-refractivity contribution < 1.29 is 13.2 Å². The van der Waals surface area contributed by atoms with E-state index in [4.69, 9.17) is 0 Å². The molecule has 0 saturated heterocycles. The molecular formula is C16H23N5O3S. The Morgan fingerprint density at radius 3 is 2.64 bits per heavy atom. The van der Waals surface area contributed by atoms with Gasteiger partial charge in [0.05, 0.1) is 11.9 Å². The summed E-state index contributed by atoms with van der Waals surface area (Å²) in [4.78, 5) is 12.6. The molecule has 1 aromatic rings. The largest absolute Gasteiger partial charge is 0.348 e. The zero-order valence-corrected chi connectivity index (χ0v) is 15.5. The molecule has 1 aliphatic carbocycles. The van der Waals surface area contributed by atoms with Crippen LogP contribution in [0.4, 0.5) is 0 Å². The lowest BCUT2D eigenvalue weighted by molar-refractivity contribution is -0.119. The number of carbonyl (C=O) groups is 1. The molecule has 1 N–H and O–H groups in total. The second kappa shape index (κ2) is 6.62. The lowest BCUT2D eigenvalue weighted by Crippen LogP contribution is -2.41. The molecule has 1 aliphatic heterocycles. The number of nitrogens with one attached hydrogen (secondary N) is 1. The molecule has 25 heavy (non-hydrogen) atoms. The summed E-state index contributed by atoms with van der Waals surface area (Å²) in [5.41, 5.74) is 1.75. The predicted molar refractivity (Wildman–Crippen MR) is 94.3 cm³/mol. The summed E-state index contributed by atoms with van der Waals surface area (Å²) in [6, 6.07) is 0.108. The maximum absolute atomic E-state index is 12.6. The summed E-state index contributed by atoms with van der Waals surface area (Å²) in [5, 5.41) is 7.16. The second-order valence-corrected chi connectivity index (χ2v) is 7.99. The van der Waals surface area contributed by atoms with Crippen LogP contribution < -0.4 is 5.32 Å². The zero-order valence-electron chi connectivity index (χ0n) is 14.7. The summed E-state index contributed by atoms with van der Waals surface area (Å²) < 4.78 is 31.3. The number of aromatic nitrogens is 2. The van der Waals surface area contributed by atoms with Crippen molar-refractivity contribution in [3.63, 3.8) is 0 Å². The van der Waals surface area contributed by atoms with Gasteiger partial charge < -0.3 is 5.32 Å². The molecule has 0 spiro atoms. The van der Waals surface area contributed by atoms with Crippen molar-refractivity contribution >= 4 is 21.8 Å². The Labute approximate surface area is 147 Å². The molecule has 136 valence electrons. The molecular weight excluding hydrogens is 342 g/mol. The maximum atomic E-state index is 12.6. The Bertz CT molecular complexity index is 847. The first-order chi connectivity index (χ1) is 11.8. The van der Waals surface area contributed by atoms with Crippen LogP contribution in [0.1, 0.15) is 43.9 Å². The summed E-state index contributed by atoms with van der Waals surface area (Å²) in [6.45, 7) is 4.48. The van der Waals surface area contributed by atoms with Crippen LogP contribution in [-0.2, 0) is 21.5 Å². The molecule has 0 unspecified atom stereocenters. The quantitative estimate of drug-likeness (QED) is 0.865.